The van der Waals surface area contributed by atoms with Gasteiger partial charge in [-0.05, 0) is 33.4 Å². The van der Waals surface area contributed by atoms with Gasteiger partial charge in [0, 0.05) is 13.0 Å². The lowest BCUT2D eigenvalue weighted by atomic mass is 10.2. The van der Waals surface area contributed by atoms with Gasteiger partial charge in [-0.15, -0.1) is 0 Å². The van der Waals surface area contributed by atoms with Gasteiger partial charge in [0.2, 0.25) is 5.91 Å². The largest absolute Gasteiger partial charge is 0.355 e. The Hall–Kier alpha value is -0.900. The highest BCUT2D eigenvalue weighted by atomic mass is 16.2. The quantitative estimate of drug-likeness (QED) is 0.650. The third kappa shape index (κ3) is 8.12. The van der Waals surface area contributed by atoms with Crippen molar-refractivity contribution in [2.75, 3.05) is 26.2 Å². The molecule has 4 heteroatoms. The van der Waals surface area contributed by atoms with E-state index in [4.69, 9.17) is 0 Å². The third-order valence-corrected chi connectivity index (χ3v) is 2.19. The summed E-state index contributed by atoms with van der Waals surface area (Å²) in [5, 5.41) is 2.76. The fourth-order valence-corrected chi connectivity index (χ4v) is 1.36. The molecule has 0 heterocycles. The second-order valence-corrected chi connectivity index (χ2v) is 3.63. The average Bonchev–Trinajstić information content (AvgIpc) is 2.16. The highest BCUT2D eigenvalue weighted by Gasteiger charge is 2.07. The van der Waals surface area contributed by atoms with Crippen LogP contribution in [0.5, 0.6) is 0 Å². The summed E-state index contributed by atoms with van der Waals surface area (Å²) in [4.78, 5) is 24.1. The molecule has 0 radical (unpaired) electrons. The Balaban J connectivity index is 3.72. The van der Waals surface area contributed by atoms with E-state index in [1.165, 1.54) is 0 Å². The molecule has 0 aromatic rings. The predicted molar refractivity (Wildman–Crippen MR) is 60.7 cm³/mol. The van der Waals surface area contributed by atoms with Gasteiger partial charge in [0.05, 0.1) is 6.54 Å². The van der Waals surface area contributed by atoms with Crippen molar-refractivity contribution < 1.29 is 9.59 Å². The van der Waals surface area contributed by atoms with Crippen molar-refractivity contribution in [1.82, 2.24) is 10.2 Å². The molecule has 88 valence electrons. The molecule has 0 spiro atoms. The minimum atomic E-state index is 0.0576. The van der Waals surface area contributed by atoms with Gasteiger partial charge in [-0.3, -0.25) is 9.69 Å². The van der Waals surface area contributed by atoms with E-state index in [0.717, 1.165) is 19.5 Å². The first kappa shape index (κ1) is 14.1. The zero-order valence-corrected chi connectivity index (χ0v) is 10.0. The number of carbonyl (C=O) groups excluding carboxylic acids is 2. The van der Waals surface area contributed by atoms with Crippen molar-refractivity contribution in [2.45, 2.75) is 33.6 Å². The number of nitrogens with zero attached hydrogens (tertiary/aromatic N) is 1. The molecule has 1 N–H and O–H groups in total. The topological polar surface area (TPSA) is 49.4 Å². The van der Waals surface area contributed by atoms with E-state index in [2.05, 4.69) is 5.32 Å². The number of nitrogens with one attached hydrogen (secondary N) is 1. The summed E-state index contributed by atoms with van der Waals surface area (Å²) < 4.78 is 0. The summed E-state index contributed by atoms with van der Waals surface area (Å²) in [6, 6.07) is 0. The first-order valence-electron chi connectivity index (χ1n) is 5.58. The van der Waals surface area contributed by atoms with Crippen molar-refractivity contribution in [3.8, 4) is 0 Å². The van der Waals surface area contributed by atoms with E-state index >= 15 is 0 Å². The van der Waals surface area contributed by atoms with Crippen molar-refractivity contribution >= 4 is 11.7 Å². The molecule has 0 aromatic carbocycles. The minimum absolute atomic E-state index is 0.0576. The van der Waals surface area contributed by atoms with Crippen LogP contribution < -0.4 is 5.32 Å². The lowest BCUT2D eigenvalue weighted by Crippen LogP contribution is -2.37. The number of hydrogen-bond acceptors (Lipinski definition) is 3. The lowest BCUT2D eigenvalue weighted by molar-refractivity contribution is -0.122. The molecule has 0 fully saturated rings. The number of hydrogen-bond donors (Lipinski definition) is 1. The van der Waals surface area contributed by atoms with E-state index in [1.54, 1.807) is 6.92 Å². The maximum Gasteiger partial charge on any atom is 0.234 e. The minimum Gasteiger partial charge on any atom is -0.355 e. The maximum absolute atomic E-state index is 11.3. The Morgan fingerprint density at radius 3 is 2.40 bits per heavy atom. The molecule has 0 aliphatic heterocycles. The molecule has 0 aliphatic rings. The smallest absolute Gasteiger partial charge is 0.234 e. The Morgan fingerprint density at radius 1 is 1.27 bits per heavy atom. The van der Waals surface area contributed by atoms with Crippen LogP contribution in [0.1, 0.15) is 33.6 Å². The van der Waals surface area contributed by atoms with Crippen LogP contribution >= 0.6 is 0 Å². The van der Waals surface area contributed by atoms with E-state index in [-0.39, 0.29) is 11.7 Å². The number of carbonyl (C=O) groups is 2. The molecular formula is C11H22N2O2. The second kappa shape index (κ2) is 8.41. The monoisotopic (exact) mass is 214 g/mol. The Labute approximate surface area is 92.0 Å². The van der Waals surface area contributed by atoms with Crippen LogP contribution in [0.15, 0.2) is 0 Å². The summed E-state index contributed by atoms with van der Waals surface area (Å²) in [6.45, 7) is 8.28. The zero-order chi connectivity index (χ0) is 11.7. The van der Waals surface area contributed by atoms with Crippen molar-refractivity contribution in [3.63, 3.8) is 0 Å². The summed E-state index contributed by atoms with van der Waals surface area (Å²) in [7, 11) is 0. The molecule has 0 saturated heterocycles. The molecule has 1 amide bonds. The number of likely N-dealkylation sites (N-methyl/N-ethyl adjacent to an activating group) is 2. The SMILES string of the molecule is CCNC(=O)CN(CC)CCCC(C)=O. The van der Waals surface area contributed by atoms with Gasteiger partial charge in [-0.25, -0.2) is 0 Å². The predicted octanol–water partition coefficient (Wildman–Crippen LogP) is 0.814. The molecule has 0 aromatic heterocycles. The standard InChI is InChI=1S/C11H22N2O2/c1-4-12-11(15)9-13(5-2)8-6-7-10(3)14/h4-9H2,1-3H3,(H,12,15). The Kier molecular flexibility index (Phi) is 7.91. The van der Waals surface area contributed by atoms with Crippen molar-refractivity contribution in [1.29, 1.82) is 0 Å². The number of amides is 1. The number of rotatable bonds is 8. The maximum atomic E-state index is 11.3. The van der Waals surface area contributed by atoms with E-state index in [0.29, 0.717) is 19.5 Å². The normalized spacial score (nSPS) is 10.4. The van der Waals surface area contributed by atoms with Crippen LogP contribution in [0.4, 0.5) is 0 Å². The van der Waals surface area contributed by atoms with Gasteiger partial charge >= 0.3 is 0 Å². The first-order valence-corrected chi connectivity index (χ1v) is 5.58. The molecule has 0 saturated carbocycles. The van der Waals surface area contributed by atoms with Gasteiger partial charge in [-0.2, -0.15) is 0 Å². The van der Waals surface area contributed by atoms with E-state index < -0.39 is 0 Å². The first-order chi connectivity index (χ1) is 7.10. The number of ketones is 1. The summed E-state index contributed by atoms with van der Waals surface area (Å²) in [6.07, 6.45) is 1.44. The van der Waals surface area contributed by atoms with Crippen LogP contribution in [0.2, 0.25) is 0 Å². The van der Waals surface area contributed by atoms with Gasteiger partial charge in [0.1, 0.15) is 5.78 Å². The molecule has 0 atom stereocenters. The average molecular weight is 214 g/mol. The molecular weight excluding hydrogens is 192 g/mol. The Morgan fingerprint density at radius 2 is 1.93 bits per heavy atom. The van der Waals surface area contributed by atoms with E-state index in [9.17, 15) is 9.59 Å². The Bertz CT molecular complexity index is 205. The summed E-state index contributed by atoms with van der Waals surface area (Å²) in [5.74, 6) is 0.270. The lowest BCUT2D eigenvalue weighted by Gasteiger charge is -2.19. The summed E-state index contributed by atoms with van der Waals surface area (Å²) >= 11 is 0. The van der Waals surface area contributed by atoms with Crippen molar-refractivity contribution in [3.05, 3.63) is 0 Å². The van der Waals surface area contributed by atoms with Crippen LogP contribution in [-0.4, -0.2) is 42.8 Å². The summed E-state index contributed by atoms with van der Waals surface area (Å²) in [5.41, 5.74) is 0. The fraction of sp³-hybridized carbons (Fsp3) is 0.818. The van der Waals surface area contributed by atoms with Crippen LogP contribution in [0, 0.1) is 0 Å². The molecule has 0 unspecified atom stereocenters. The molecule has 4 nitrogen and oxygen atoms in total. The molecule has 15 heavy (non-hydrogen) atoms. The highest BCUT2D eigenvalue weighted by Crippen LogP contribution is 1.95. The second-order valence-electron chi connectivity index (χ2n) is 3.63. The molecule has 0 bridgehead atoms. The van der Waals surface area contributed by atoms with Crippen molar-refractivity contribution in [2.24, 2.45) is 0 Å². The van der Waals surface area contributed by atoms with Crippen LogP contribution in [0.25, 0.3) is 0 Å². The van der Waals surface area contributed by atoms with E-state index in [1.807, 2.05) is 18.7 Å². The van der Waals surface area contributed by atoms with Gasteiger partial charge in [0.25, 0.3) is 0 Å². The fourth-order valence-electron chi connectivity index (χ4n) is 1.36. The number of Topliss-reactive ketones (excluding diaryl/α,β-unsaturated/α-hetero) is 1. The van der Waals surface area contributed by atoms with Gasteiger partial charge in [-0.1, -0.05) is 6.92 Å². The third-order valence-electron chi connectivity index (χ3n) is 2.19. The zero-order valence-electron chi connectivity index (χ0n) is 10.0. The molecule has 0 rings (SSSR count). The van der Waals surface area contributed by atoms with Crippen LogP contribution in [-0.2, 0) is 9.59 Å². The van der Waals surface area contributed by atoms with Gasteiger partial charge < -0.3 is 10.1 Å². The van der Waals surface area contributed by atoms with Crippen LogP contribution in [0.3, 0.4) is 0 Å². The molecule has 0 aliphatic carbocycles. The van der Waals surface area contributed by atoms with Gasteiger partial charge in [0.15, 0.2) is 0 Å². The highest BCUT2D eigenvalue weighted by molar-refractivity contribution is 5.78.